The highest BCUT2D eigenvalue weighted by Gasteiger charge is 2.26. The summed E-state index contributed by atoms with van der Waals surface area (Å²) in [6.07, 6.45) is 20.1. The molecule has 0 radical (unpaired) electrons. The van der Waals surface area contributed by atoms with Crippen LogP contribution in [0.3, 0.4) is 0 Å². The average molecular weight is 1000 g/mol. The second-order valence-electron chi connectivity index (χ2n) is 19.6. The van der Waals surface area contributed by atoms with Gasteiger partial charge in [0, 0.05) is 36.8 Å². The molecule has 4 aromatic carbocycles. The van der Waals surface area contributed by atoms with Crippen LogP contribution in [0.2, 0.25) is 0 Å². The summed E-state index contributed by atoms with van der Waals surface area (Å²) in [4.78, 5) is 48.8. The molecule has 0 aromatic heterocycles. The van der Waals surface area contributed by atoms with E-state index in [1.54, 1.807) is 48.5 Å². The van der Waals surface area contributed by atoms with E-state index in [9.17, 15) is 19.2 Å². The molecule has 0 heterocycles. The first-order valence-electron chi connectivity index (χ1n) is 26.8. The molecule has 0 aliphatic heterocycles. The molecule has 0 N–H and O–H groups in total. The van der Waals surface area contributed by atoms with Crippen LogP contribution in [0.1, 0.15) is 160 Å². The van der Waals surface area contributed by atoms with E-state index in [1.165, 1.54) is 77.0 Å². The maximum Gasteiger partial charge on any atom is 0.343 e. The summed E-state index contributed by atoms with van der Waals surface area (Å²) in [5, 5.41) is 0. The summed E-state index contributed by atoms with van der Waals surface area (Å²) >= 11 is 0. The lowest BCUT2D eigenvalue weighted by atomic mass is 9.75. The summed E-state index contributed by atoms with van der Waals surface area (Å²) in [7, 11) is 0. The van der Waals surface area contributed by atoms with Crippen molar-refractivity contribution in [2.24, 2.45) is 23.7 Å². The molecule has 0 bridgehead atoms. The van der Waals surface area contributed by atoms with Crippen molar-refractivity contribution in [3.63, 3.8) is 0 Å². The Kier molecular flexibility index (Phi) is 23.5. The largest absolute Gasteiger partial charge is 0.493 e. The van der Waals surface area contributed by atoms with Gasteiger partial charge in [-0.05, 0) is 132 Å². The van der Waals surface area contributed by atoms with E-state index < -0.39 is 23.9 Å². The molecule has 0 amide bonds. The highest BCUT2D eigenvalue weighted by molar-refractivity contribution is 5.91. The van der Waals surface area contributed by atoms with Crippen LogP contribution in [0, 0.1) is 47.4 Å². The van der Waals surface area contributed by atoms with Crippen molar-refractivity contribution in [3.8, 4) is 46.7 Å². The number of ether oxygens (including phenoxy) is 6. The topological polar surface area (TPSA) is 124 Å². The lowest BCUT2D eigenvalue weighted by Gasteiger charge is -2.30. The van der Waals surface area contributed by atoms with Gasteiger partial charge < -0.3 is 28.4 Å². The molecule has 2 aliphatic rings. The molecule has 10 nitrogen and oxygen atoms in total. The third kappa shape index (κ3) is 19.1. The normalized spacial score (nSPS) is 17.8. The lowest BCUT2D eigenvalue weighted by Crippen LogP contribution is -2.16. The third-order valence-electron chi connectivity index (χ3n) is 14.1. The van der Waals surface area contributed by atoms with Crippen LogP contribution in [-0.2, 0) is 19.1 Å². The van der Waals surface area contributed by atoms with Gasteiger partial charge in [-0.1, -0.05) is 140 Å². The van der Waals surface area contributed by atoms with Crippen LogP contribution in [0.25, 0.3) is 0 Å². The van der Waals surface area contributed by atoms with Crippen molar-refractivity contribution in [3.05, 3.63) is 145 Å². The second kappa shape index (κ2) is 30.9. The van der Waals surface area contributed by atoms with Crippen molar-refractivity contribution < 1.29 is 47.6 Å². The zero-order valence-corrected chi connectivity index (χ0v) is 43.5. The maximum atomic E-state index is 13.2. The van der Waals surface area contributed by atoms with Crippen LogP contribution in [0.5, 0.6) is 23.0 Å². The van der Waals surface area contributed by atoms with E-state index in [1.807, 2.05) is 48.5 Å². The molecule has 10 heteroatoms. The van der Waals surface area contributed by atoms with E-state index in [-0.39, 0.29) is 25.0 Å². The minimum Gasteiger partial charge on any atom is -0.493 e. The standard InChI is InChI=1S/C64H74O10/c1-5-13-47-17-21-49(22-18-47)45-55(51-25-37-59(38-26-51)73-63(67)53-29-33-57(34-30-53)69-41-11-43-71-61(65)7-3)15-9-10-16-56(46-50-23-19-48(14-6-2)20-24-50)52-27-39-60(40-28-52)74-64(68)54-31-35-58(36-32-54)70-42-12-44-72-62(66)8-4/h7-8,25-40,47-50,55-56H,3-6,11-14,17-24,41-46H2,1-2H3. The van der Waals surface area contributed by atoms with Gasteiger partial charge in [-0.3, -0.25) is 0 Å². The number of hydrogen-bond donors (Lipinski definition) is 0. The fraction of sp³-hybridized carbons (Fsp3) is 0.438. The quantitative estimate of drug-likeness (QED) is 0.0197. The molecule has 2 saturated carbocycles. The molecule has 2 fully saturated rings. The third-order valence-corrected chi connectivity index (χ3v) is 14.1. The molecule has 2 aliphatic carbocycles. The van der Waals surface area contributed by atoms with Gasteiger partial charge in [0.05, 0.1) is 37.6 Å². The SMILES string of the molecule is C=CC(=O)OCCCOc1ccc(C(=O)Oc2ccc(C(C#CC#CC(CC3CCC(CCC)CC3)c3ccc(OC(=O)c4ccc(OCCCOC(=O)C=C)cc4)cc3)CC3CCC(CCC)CC3)cc2)cc1. The van der Waals surface area contributed by atoms with Gasteiger partial charge >= 0.3 is 23.9 Å². The van der Waals surface area contributed by atoms with Gasteiger partial charge in [0.1, 0.15) is 23.0 Å². The van der Waals surface area contributed by atoms with Gasteiger partial charge in [-0.15, -0.1) is 0 Å². The average Bonchev–Trinajstić information content (AvgIpc) is 3.43. The Morgan fingerprint density at radius 3 is 1.16 bits per heavy atom. The van der Waals surface area contributed by atoms with Crippen molar-refractivity contribution in [1.29, 1.82) is 0 Å². The fourth-order valence-corrected chi connectivity index (χ4v) is 10.0. The highest BCUT2D eigenvalue weighted by Crippen LogP contribution is 2.39. The summed E-state index contributed by atoms with van der Waals surface area (Å²) in [5.74, 6) is 16.7. The number of rotatable bonds is 26. The Morgan fingerprint density at radius 2 is 0.824 bits per heavy atom. The van der Waals surface area contributed by atoms with Crippen LogP contribution in [0.4, 0.5) is 0 Å². The zero-order chi connectivity index (χ0) is 52.3. The molecule has 74 heavy (non-hydrogen) atoms. The van der Waals surface area contributed by atoms with Crippen LogP contribution in [0.15, 0.2) is 122 Å². The Hall–Kier alpha value is -7.04. The minimum atomic E-state index is -0.469. The predicted octanol–water partition coefficient (Wildman–Crippen LogP) is 14.0. The second-order valence-corrected chi connectivity index (χ2v) is 19.6. The minimum absolute atomic E-state index is 0.0334. The Bertz CT molecular complexity index is 2340. The smallest absolute Gasteiger partial charge is 0.343 e. The summed E-state index contributed by atoms with van der Waals surface area (Å²) < 4.78 is 33.0. The van der Waals surface area contributed by atoms with Crippen LogP contribution < -0.4 is 18.9 Å². The molecular formula is C64H74O10. The molecule has 2 atom stereocenters. The number of esters is 4. The highest BCUT2D eigenvalue weighted by atomic mass is 16.5. The van der Waals surface area contributed by atoms with Gasteiger partial charge in [0.25, 0.3) is 0 Å². The maximum absolute atomic E-state index is 13.2. The Balaban J connectivity index is 1.12. The van der Waals surface area contributed by atoms with Crippen molar-refractivity contribution in [2.45, 2.75) is 128 Å². The molecular weight excluding hydrogens is 929 g/mol. The van der Waals surface area contributed by atoms with E-state index in [0.29, 0.717) is 72.0 Å². The zero-order valence-electron chi connectivity index (χ0n) is 43.5. The van der Waals surface area contributed by atoms with Crippen LogP contribution in [-0.4, -0.2) is 50.3 Å². The monoisotopic (exact) mass is 1000 g/mol. The number of carbonyl (C=O) groups excluding carboxylic acids is 4. The molecule has 0 saturated heterocycles. The van der Waals surface area contributed by atoms with Crippen molar-refractivity contribution in [2.75, 3.05) is 26.4 Å². The Morgan fingerprint density at radius 1 is 0.486 bits per heavy atom. The Labute approximate surface area is 439 Å². The van der Waals surface area contributed by atoms with E-state index >= 15 is 0 Å². The molecule has 4 aromatic rings. The molecule has 0 spiro atoms. The van der Waals surface area contributed by atoms with Gasteiger partial charge in [-0.2, -0.15) is 0 Å². The summed E-state index contributed by atoms with van der Waals surface area (Å²) in [5.41, 5.74) is 2.95. The van der Waals surface area contributed by atoms with E-state index in [0.717, 1.165) is 48.0 Å². The van der Waals surface area contributed by atoms with Crippen LogP contribution >= 0.6 is 0 Å². The predicted molar refractivity (Wildman–Crippen MR) is 289 cm³/mol. The van der Waals surface area contributed by atoms with Gasteiger partial charge in [-0.25, -0.2) is 19.2 Å². The number of carbonyl (C=O) groups is 4. The van der Waals surface area contributed by atoms with Crippen molar-refractivity contribution in [1.82, 2.24) is 0 Å². The van der Waals surface area contributed by atoms with Gasteiger partial charge in [0.2, 0.25) is 0 Å². The molecule has 2 unspecified atom stereocenters. The molecule has 390 valence electrons. The first kappa shape index (κ1) is 56.3. The lowest BCUT2D eigenvalue weighted by molar-refractivity contribution is -0.138. The summed E-state index contributed by atoms with van der Waals surface area (Å²) in [6, 6.07) is 29.0. The van der Waals surface area contributed by atoms with Gasteiger partial charge in [0.15, 0.2) is 0 Å². The first-order valence-corrected chi connectivity index (χ1v) is 26.8. The molecule has 6 rings (SSSR count). The van der Waals surface area contributed by atoms with E-state index in [4.69, 9.17) is 28.4 Å². The summed E-state index contributed by atoms with van der Waals surface area (Å²) in [6.45, 7) is 12.5. The fourth-order valence-electron chi connectivity index (χ4n) is 10.0. The first-order chi connectivity index (χ1) is 36.1. The number of benzene rings is 4. The van der Waals surface area contributed by atoms with Crippen molar-refractivity contribution >= 4 is 23.9 Å². The number of hydrogen-bond acceptors (Lipinski definition) is 10. The van der Waals surface area contributed by atoms with E-state index in [2.05, 4.69) is 50.7 Å².